The summed E-state index contributed by atoms with van der Waals surface area (Å²) < 4.78 is 5.66. The molecule has 2 aromatic carbocycles. The summed E-state index contributed by atoms with van der Waals surface area (Å²) in [7, 11) is 0. The molecule has 4 aromatic rings. The van der Waals surface area contributed by atoms with Gasteiger partial charge in [0.15, 0.2) is 12.4 Å². The van der Waals surface area contributed by atoms with Gasteiger partial charge in [0.2, 0.25) is 0 Å². The number of carbonyl (C=O) groups is 2. The Labute approximate surface area is 208 Å². The lowest BCUT2D eigenvalue weighted by Gasteiger charge is -2.29. The number of rotatable bonds is 6. The van der Waals surface area contributed by atoms with Gasteiger partial charge in [0.1, 0.15) is 10.8 Å². The van der Waals surface area contributed by atoms with Gasteiger partial charge in [-0.2, -0.15) is 0 Å². The molecule has 0 spiro atoms. The Bertz CT molecular complexity index is 1390. The molecule has 176 valence electrons. The number of aryl methyl sites for hydroxylation is 1. The fraction of sp³-hybridized carbons (Fsp3) is 0.214. The number of thiazole rings is 1. The summed E-state index contributed by atoms with van der Waals surface area (Å²) >= 11 is 1.57. The molecular weight excluding hydrogens is 458 g/mol. The van der Waals surface area contributed by atoms with E-state index in [2.05, 4.69) is 18.8 Å². The van der Waals surface area contributed by atoms with E-state index in [9.17, 15) is 9.59 Å². The molecule has 0 radical (unpaired) electrons. The van der Waals surface area contributed by atoms with Gasteiger partial charge < -0.3 is 4.74 Å². The van der Waals surface area contributed by atoms with Crippen molar-refractivity contribution in [3.05, 3.63) is 82.9 Å². The highest BCUT2D eigenvalue weighted by Crippen LogP contribution is 2.39. The second kappa shape index (κ2) is 9.43. The molecule has 0 unspecified atom stereocenters. The van der Waals surface area contributed by atoms with E-state index in [-0.39, 0.29) is 24.8 Å². The van der Waals surface area contributed by atoms with Crippen LogP contribution in [0.1, 0.15) is 40.6 Å². The maximum absolute atomic E-state index is 13.1. The molecule has 1 aliphatic heterocycles. The zero-order chi connectivity index (χ0) is 24.5. The Morgan fingerprint density at radius 3 is 2.63 bits per heavy atom. The molecule has 35 heavy (non-hydrogen) atoms. The molecule has 0 saturated heterocycles. The maximum atomic E-state index is 13.1. The number of ketones is 1. The number of Topliss-reactive ketones (excluding diaryl/α,β-unsaturated/α-hetero) is 1. The van der Waals surface area contributed by atoms with Crippen molar-refractivity contribution in [1.82, 2.24) is 9.97 Å². The molecule has 0 N–H and O–H groups in total. The van der Waals surface area contributed by atoms with Crippen LogP contribution in [0.4, 0.5) is 5.69 Å². The number of pyridine rings is 1. The number of fused-ring (bicyclic) bond motifs is 1. The van der Waals surface area contributed by atoms with Crippen LogP contribution in [0.25, 0.3) is 22.0 Å². The molecule has 0 fully saturated rings. The number of anilines is 1. The predicted molar refractivity (Wildman–Crippen MR) is 138 cm³/mol. The minimum atomic E-state index is -0.244. The second-order valence-corrected chi connectivity index (χ2v) is 9.99. The lowest BCUT2D eigenvalue weighted by atomic mass is 10.00. The third-order valence-corrected chi connectivity index (χ3v) is 7.05. The first-order valence-electron chi connectivity index (χ1n) is 11.5. The van der Waals surface area contributed by atoms with Gasteiger partial charge in [-0.15, -0.1) is 11.3 Å². The molecule has 5 rings (SSSR count). The average Bonchev–Trinajstić information content (AvgIpc) is 3.27. The number of carbonyl (C=O) groups excluding carboxylic acids is 2. The van der Waals surface area contributed by atoms with E-state index in [0.29, 0.717) is 22.9 Å². The maximum Gasteiger partial charge on any atom is 0.265 e. The molecule has 0 aliphatic carbocycles. The summed E-state index contributed by atoms with van der Waals surface area (Å²) in [5.74, 6) is 0.604. The van der Waals surface area contributed by atoms with Crippen molar-refractivity contribution in [2.24, 2.45) is 0 Å². The molecule has 0 saturated carbocycles. The summed E-state index contributed by atoms with van der Waals surface area (Å²) in [6.07, 6.45) is 1.75. The molecular formula is C28H25N3O3S. The van der Waals surface area contributed by atoms with Gasteiger partial charge in [-0.25, -0.2) is 4.98 Å². The Kier molecular flexibility index (Phi) is 6.17. The van der Waals surface area contributed by atoms with Crippen LogP contribution >= 0.6 is 11.3 Å². The molecule has 1 amide bonds. The van der Waals surface area contributed by atoms with Crippen molar-refractivity contribution in [1.29, 1.82) is 0 Å². The highest BCUT2D eigenvalue weighted by molar-refractivity contribution is 7.15. The monoisotopic (exact) mass is 483 g/mol. The van der Waals surface area contributed by atoms with Crippen molar-refractivity contribution >= 4 is 28.7 Å². The summed E-state index contributed by atoms with van der Waals surface area (Å²) in [6.45, 7) is 6.10. The first-order valence-corrected chi connectivity index (χ1v) is 12.3. The first kappa shape index (κ1) is 22.9. The Balaban J connectivity index is 1.45. The minimum Gasteiger partial charge on any atom is -0.482 e. The van der Waals surface area contributed by atoms with Gasteiger partial charge in [0.05, 0.1) is 23.6 Å². The van der Waals surface area contributed by atoms with Gasteiger partial charge in [-0.1, -0.05) is 44.2 Å². The number of aromatic nitrogens is 2. The van der Waals surface area contributed by atoms with Crippen LogP contribution in [0.15, 0.2) is 66.9 Å². The predicted octanol–water partition coefficient (Wildman–Crippen LogP) is 5.91. The smallest absolute Gasteiger partial charge is 0.265 e. The lowest BCUT2D eigenvalue weighted by Crippen LogP contribution is -2.42. The number of hydrogen-bond donors (Lipinski definition) is 0. The Morgan fingerprint density at radius 1 is 1.11 bits per heavy atom. The highest BCUT2D eigenvalue weighted by Gasteiger charge is 2.28. The molecule has 7 heteroatoms. The molecule has 2 aromatic heterocycles. The van der Waals surface area contributed by atoms with Crippen molar-refractivity contribution in [2.75, 3.05) is 18.1 Å². The van der Waals surface area contributed by atoms with E-state index in [1.54, 1.807) is 17.5 Å². The molecule has 3 heterocycles. The van der Waals surface area contributed by atoms with Crippen LogP contribution in [-0.2, 0) is 4.79 Å². The van der Waals surface area contributed by atoms with E-state index in [4.69, 9.17) is 9.72 Å². The molecule has 6 nitrogen and oxygen atoms in total. The van der Waals surface area contributed by atoms with E-state index in [0.717, 1.165) is 26.8 Å². The summed E-state index contributed by atoms with van der Waals surface area (Å²) in [5, 5.41) is 0.833. The van der Waals surface area contributed by atoms with E-state index in [1.807, 2.05) is 67.6 Å². The second-order valence-electron chi connectivity index (χ2n) is 8.79. The fourth-order valence-electron chi connectivity index (χ4n) is 4.07. The average molecular weight is 484 g/mol. The normalized spacial score (nSPS) is 13.0. The quantitative estimate of drug-likeness (QED) is 0.319. The zero-order valence-corrected chi connectivity index (χ0v) is 20.6. The fourth-order valence-corrected chi connectivity index (χ4v) is 4.99. The van der Waals surface area contributed by atoms with Crippen molar-refractivity contribution in [3.8, 4) is 27.7 Å². The van der Waals surface area contributed by atoms with Crippen LogP contribution in [0.2, 0.25) is 0 Å². The van der Waals surface area contributed by atoms with E-state index >= 15 is 0 Å². The number of amides is 1. The third-order valence-electron chi connectivity index (χ3n) is 6.06. The SMILES string of the molecule is Cc1sc(-c2ccccn2)nc1-c1ccc2c(c1)N(CC(=O)c1ccc(C(C)C)cc1)C(=O)CO2. The third kappa shape index (κ3) is 4.59. The van der Waals surface area contributed by atoms with Crippen molar-refractivity contribution < 1.29 is 14.3 Å². The van der Waals surface area contributed by atoms with E-state index in [1.165, 1.54) is 10.5 Å². The van der Waals surface area contributed by atoms with Gasteiger partial charge >= 0.3 is 0 Å². The topological polar surface area (TPSA) is 72.4 Å². The summed E-state index contributed by atoms with van der Waals surface area (Å²) in [6, 6.07) is 19.0. The van der Waals surface area contributed by atoms with Crippen molar-refractivity contribution in [2.45, 2.75) is 26.7 Å². The number of nitrogens with zero attached hydrogens (tertiary/aromatic N) is 3. The minimum absolute atomic E-state index is 0.0467. The lowest BCUT2D eigenvalue weighted by molar-refractivity contribution is -0.121. The number of ether oxygens (including phenoxy) is 1. The van der Waals surface area contributed by atoms with Gasteiger partial charge in [0.25, 0.3) is 5.91 Å². The zero-order valence-electron chi connectivity index (χ0n) is 19.8. The number of hydrogen-bond acceptors (Lipinski definition) is 6. The van der Waals surface area contributed by atoms with Crippen LogP contribution in [0, 0.1) is 6.92 Å². The van der Waals surface area contributed by atoms with Crippen LogP contribution in [-0.4, -0.2) is 34.8 Å². The van der Waals surface area contributed by atoms with Crippen LogP contribution in [0.3, 0.4) is 0 Å². The van der Waals surface area contributed by atoms with Gasteiger partial charge in [0, 0.05) is 22.2 Å². The number of benzene rings is 2. The standard InChI is InChI=1S/C28H25N3O3S/c1-17(2)19-7-9-20(10-8-19)24(32)15-31-23-14-21(11-12-25(23)34-16-26(31)33)27-18(3)35-28(30-27)22-6-4-5-13-29-22/h4-14,17H,15-16H2,1-3H3. The summed E-state index contributed by atoms with van der Waals surface area (Å²) in [4.78, 5) is 37.6. The molecule has 1 aliphatic rings. The Morgan fingerprint density at radius 2 is 1.91 bits per heavy atom. The van der Waals surface area contributed by atoms with Crippen LogP contribution < -0.4 is 9.64 Å². The van der Waals surface area contributed by atoms with Crippen molar-refractivity contribution in [3.63, 3.8) is 0 Å². The Hall–Kier alpha value is -3.84. The summed E-state index contributed by atoms with van der Waals surface area (Å²) in [5.41, 5.74) is 4.84. The van der Waals surface area contributed by atoms with Gasteiger partial charge in [-0.05, 0) is 48.7 Å². The van der Waals surface area contributed by atoms with Crippen LogP contribution in [0.5, 0.6) is 5.75 Å². The van der Waals surface area contributed by atoms with E-state index < -0.39 is 0 Å². The molecule has 0 bridgehead atoms. The molecule has 0 atom stereocenters. The first-order chi connectivity index (χ1) is 16.9. The largest absolute Gasteiger partial charge is 0.482 e. The van der Waals surface area contributed by atoms with Gasteiger partial charge in [-0.3, -0.25) is 19.5 Å². The highest BCUT2D eigenvalue weighted by atomic mass is 32.1.